The molecule has 9 nitrogen and oxygen atoms in total. The molecule has 1 saturated heterocycles. The lowest BCUT2D eigenvalue weighted by Gasteiger charge is -2.26. The number of alkyl halides is 3. The summed E-state index contributed by atoms with van der Waals surface area (Å²) in [5, 5.41) is 2.77. The van der Waals surface area contributed by atoms with Crippen LogP contribution in [0.15, 0.2) is 48.7 Å². The molecule has 1 aliphatic rings. The molecule has 208 valence electrons. The van der Waals surface area contributed by atoms with Crippen LogP contribution in [0.5, 0.6) is 5.88 Å². The molecule has 1 aromatic carbocycles. The Bertz CT molecular complexity index is 1370. The summed E-state index contributed by atoms with van der Waals surface area (Å²) in [6, 6.07) is 7.68. The van der Waals surface area contributed by atoms with E-state index in [1.807, 2.05) is 59.7 Å². The van der Waals surface area contributed by atoms with Gasteiger partial charge in [-0.15, -0.1) is 13.2 Å². The Balaban J connectivity index is 1.65. The third-order valence-corrected chi connectivity index (χ3v) is 6.41. The van der Waals surface area contributed by atoms with Crippen molar-refractivity contribution in [3.05, 3.63) is 59.8 Å². The van der Waals surface area contributed by atoms with Gasteiger partial charge in [-0.05, 0) is 58.0 Å². The molecule has 1 aliphatic heterocycles. The first-order valence-electron chi connectivity index (χ1n) is 12.6. The second-order valence-corrected chi connectivity index (χ2v) is 9.73. The van der Waals surface area contributed by atoms with Gasteiger partial charge in [-0.3, -0.25) is 14.9 Å². The van der Waals surface area contributed by atoms with Crippen LogP contribution in [0.3, 0.4) is 0 Å². The van der Waals surface area contributed by atoms with E-state index < -0.39 is 18.1 Å². The number of benzene rings is 1. The van der Waals surface area contributed by atoms with E-state index in [2.05, 4.69) is 20.0 Å². The Labute approximate surface area is 224 Å². The molecule has 0 saturated carbocycles. The van der Waals surface area contributed by atoms with Crippen molar-refractivity contribution in [2.45, 2.75) is 38.6 Å². The Morgan fingerprint density at radius 1 is 1.23 bits per heavy atom. The molecular weight excluding hydrogens is 513 g/mol. The molecule has 2 amide bonds. The van der Waals surface area contributed by atoms with Gasteiger partial charge in [0.25, 0.3) is 5.91 Å². The molecule has 12 heteroatoms. The zero-order valence-corrected chi connectivity index (χ0v) is 22.0. The lowest BCUT2D eigenvalue weighted by Crippen LogP contribution is -2.35. The van der Waals surface area contributed by atoms with Crippen molar-refractivity contribution in [2.75, 3.05) is 39.0 Å². The molecule has 0 unspecified atom stereocenters. The van der Waals surface area contributed by atoms with Gasteiger partial charge >= 0.3 is 6.36 Å². The number of nitrogens with one attached hydrogen (secondary N) is 1. The number of fused-ring (bicyclic) bond motifs is 1. The Hall–Kier alpha value is -3.93. The van der Waals surface area contributed by atoms with Gasteiger partial charge in [0.1, 0.15) is 0 Å². The molecule has 4 rings (SSSR count). The molecule has 3 heterocycles. The minimum atomic E-state index is -4.93. The number of carbonyl (C=O) groups is 2. The van der Waals surface area contributed by atoms with Gasteiger partial charge in [0, 0.05) is 43.5 Å². The summed E-state index contributed by atoms with van der Waals surface area (Å²) in [6.45, 7) is 3.63. The van der Waals surface area contributed by atoms with Crippen LogP contribution in [0.1, 0.15) is 41.2 Å². The van der Waals surface area contributed by atoms with Crippen LogP contribution in [0.2, 0.25) is 0 Å². The highest BCUT2D eigenvalue weighted by atomic mass is 19.4. The van der Waals surface area contributed by atoms with E-state index in [0.29, 0.717) is 25.2 Å². The standard InChI is InChI=1S/C27H31F3N6O3/c1-18-8-6-10-21-24(18)36(20-9-4-5-15-35(17-20)23(37)11-7-14-34(2)3)26(32-21)33-25(38)19-12-13-31-22(16-19)39-27(28,29)30/h6-8,10-13,16,20H,4-5,9,14-15,17H2,1-3H3,(H,32,33,38)/b11-7+/t20-/m1/s1. The van der Waals surface area contributed by atoms with E-state index in [-0.39, 0.29) is 23.5 Å². The number of para-hydroxylation sites is 1. The number of anilines is 1. The Morgan fingerprint density at radius 2 is 2.03 bits per heavy atom. The predicted octanol–water partition coefficient (Wildman–Crippen LogP) is 4.56. The zero-order chi connectivity index (χ0) is 28.2. The van der Waals surface area contributed by atoms with Crippen molar-refractivity contribution < 1.29 is 27.5 Å². The van der Waals surface area contributed by atoms with Crippen molar-refractivity contribution >= 4 is 28.8 Å². The number of imidazole rings is 1. The number of hydrogen-bond donors (Lipinski definition) is 1. The summed E-state index contributed by atoms with van der Waals surface area (Å²) >= 11 is 0. The Kier molecular flexibility index (Phi) is 8.54. The number of pyridine rings is 1. The van der Waals surface area contributed by atoms with Crippen LogP contribution in [-0.2, 0) is 4.79 Å². The van der Waals surface area contributed by atoms with E-state index in [1.165, 1.54) is 6.07 Å². The number of likely N-dealkylation sites (tertiary alicyclic amines) is 1. The maximum Gasteiger partial charge on any atom is 0.574 e. The van der Waals surface area contributed by atoms with Crippen LogP contribution in [0.25, 0.3) is 11.0 Å². The second kappa shape index (κ2) is 11.9. The largest absolute Gasteiger partial charge is 0.574 e. The summed E-state index contributed by atoms with van der Waals surface area (Å²) in [5.41, 5.74) is 2.36. The predicted molar refractivity (Wildman–Crippen MR) is 141 cm³/mol. The quantitative estimate of drug-likeness (QED) is 0.439. The highest BCUT2D eigenvalue weighted by Gasteiger charge is 2.32. The molecule has 1 atom stereocenters. The smallest absolute Gasteiger partial charge is 0.388 e. The van der Waals surface area contributed by atoms with Crippen molar-refractivity contribution in [1.82, 2.24) is 24.3 Å². The van der Waals surface area contributed by atoms with Gasteiger partial charge in [0.2, 0.25) is 17.7 Å². The number of rotatable bonds is 7. The number of nitrogens with zero attached hydrogens (tertiary/aromatic N) is 5. The average molecular weight is 545 g/mol. The van der Waals surface area contributed by atoms with Crippen LogP contribution in [0, 0.1) is 6.92 Å². The summed E-state index contributed by atoms with van der Waals surface area (Å²) in [7, 11) is 3.85. The topological polar surface area (TPSA) is 92.6 Å². The first-order chi connectivity index (χ1) is 18.5. The summed E-state index contributed by atoms with van der Waals surface area (Å²) in [6.07, 6.45) is 2.03. The van der Waals surface area contributed by atoms with Crippen LogP contribution >= 0.6 is 0 Å². The molecule has 3 aromatic rings. The summed E-state index contributed by atoms with van der Waals surface area (Å²) in [4.78, 5) is 38.1. The molecule has 0 radical (unpaired) electrons. The van der Waals surface area contributed by atoms with Crippen LogP contribution in [0.4, 0.5) is 19.1 Å². The highest BCUT2D eigenvalue weighted by Crippen LogP contribution is 2.32. The maximum atomic E-state index is 13.1. The third kappa shape index (κ3) is 7.14. The number of hydrogen-bond acceptors (Lipinski definition) is 6. The number of likely N-dealkylation sites (N-methyl/N-ethyl adjacent to an activating group) is 1. The van der Waals surface area contributed by atoms with Crippen LogP contribution in [-0.4, -0.2) is 76.2 Å². The van der Waals surface area contributed by atoms with E-state index in [4.69, 9.17) is 0 Å². The van der Waals surface area contributed by atoms with E-state index in [0.717, 1.165) is 42.6 Å². The molecule has 0 bridgehead atoms. The van der Waals surface area contributed by atoms with Crippen molar-refractivity contribution in [3.8, 4) is 5.88 Å². The molecule has 0 spiro atoms. The van der Waals surface area contributed by atoms with E-state index in [9.17, 15) is 22.8 Å². The molecule has 2 aromatic heterocycles. The fourth-order valence-electron chi connectivity index (χ4n) is 4.66. The van der Waals surface area contributed by atoms with E-state index >= 15 is 0 Å². The zero-order valence-electron chi connectivity index (χ0n) is 22.0. The molecule has 0 aliphatic carbocycles. The number of aryl methyl sites for hydroxylation is 1. The van der Waals surface area contributed by atoms with Gasteiger partial charge in [-0.25, -0.2) is 9.97 Å². The monoisotopic (exact) mass is 544 g/mol. The molecular formula is C27H31F3N6O3. The SMILES string of the molecule is Cc1cccc2nc(NC(=O)c3ccnc(OC(F)(F)F)c3)n([C@@H]3CCCCN(C(=O)/C=C/CN(C)C)C3)c12. The van der Waals surface area contributed by atoms with Crippen molar-refractivity contribution in [2.24, 2.45) is 0 Å². The molecule has 39 heavy (non-hydrogen) atoms. The molecule has 1 fully saturated rings. The maximum absolute atomic E-state index is 13.1. The number of ether oxygens (including phenoxy) is 1. The minimum absolute atomic E-state index is 0.0664. The Morgan fingerprint density at radius 3 is 2.77 bits per heavy atom. The summed E-state index contributed by atoms with van der Waals surface area (Å²) in [5.74, 6) is -1.22. The van der Waals surface area contributed by atoms with Gasteiger partial charge in [0.15, 0.2) is 0 Å². The number of amides is 2. The fraction of sp³-hybridized carbons (Fsp3) is 0.407. The lowest BCUT2D eigenvalue weighted by atomic mass is 10.1. The van der Waals surface area contributed by atoms with Crippen LogP contribution < -0.4 is 10.1 Å². The molecule has 1 N–H and O–H groups in total. The summed E-state index contributed by atoms with van der Waals surface area (Å²) < 4.78 is 43.7. The van der Waals surface area contributed by atoms with Gasteiger partial charge in [-0.2, -0.15) is 0 Å². The third-order valence-electron chi connectivity index (χ3n) is 6.41. The van der Waals surface area contributed by atoms with Crippen molar-refractivity contribution in [1.29, 1.82) is 0 Å². The number of aromatic nitrogens is 3. The fourth-order valence-corrected chi connectivity index (χ4v) is 4.66. The normalized spacial score (nSPS) is 16.6. The van der Waals surface area contributed by atoms with Gasteiger partial charge in [0.05, 0.1) is 17.1 Å². The second-order valence-electron chi connectivity index (χ2n) is 9.73. The minimum Gasteiger partial charge on any atom is -0.388 e. The number of halogens is 3. The van der Waals surface area contributed by atoms with Crippen molar-refractivity contribution in [3.63, 3.8) is 0 Å². The van der Waals surface area contributed by atoms with Gasteiger partial charge < -0.3 is 19.1 Å². The highest BCUT2D eigenvalue weighted by molar-refractivity contribution is 6.04. The first-order valence-corrected chi connectivity index (χ1v) is 12.6. The lowest BCUT2D eigenvalue weighted by molar-refractivity contribution is -0.276. The number of carbonyl (C=O) groups excluding carboxylic acids is 2. The average Bonchev–Trinajstić information content (AvgIpc) is 3.05. The van der Waals surface area contributed by atoms with E-state index in [1.54, 1.807) is 6.08 Å². The first kappa shape index (κ1) is 28.1. The van der Waals surface area contributed by atoms with Gasteiger partial charge in [-0.1, -0.05) is 18.2 Å².